The molecule has 1 aliphatic rings. The van der Waals surface area contributed by atoms with E-state index in [-0.39, 0.29) is 11.6 Å². The predicted molar refractivity (Wildman–Crippen MR) is 151 cm³/mol. The fourth-order valence-electron chi connectivity index (χ4n) is 5.46. The highest BCUT2D eigenvalue weighted by Crippen LogP contribution is 2.34. The molecule has 0 amide bonds. The van der Waals surface area contributed by atoms with Gasteiger partial charge in [-0.15, -0.1) is 0 Å². The topological polar surface area (TPSA) is 49.9 Å². The van der Waals surface area contributed by atoms with Crippen molar-refractivity contribution in [2.75, 3.05) is 0 Å². The maximum absolute atomic E-state index is 12.1. The third-order valence-corrected chi connectivity index (χ3v) is 7.24. The lowest BCUT2D eigenvalue weighted by Gasteiger charge is -2.16. The second-order valence-electron chi connectivity index (χ2n) is 9.29. The van der Waals surface area contributed by atoms with Gasteiger partial charge in [0.05, 0.1) is 5.52 Å². The van der Waals surface area contributed by atoms with Gasteiger partial charge in [0.15, 0.2) is 11.6 Å². The van der Waals surface area contributed by atoms with E-state index in [9.17, 15) is 9.59 Å². The number of nitrogens with one attached hydrogen (secondary N) is 1. The molecule has 3 nitrogen and oxygen atoms in total. The van der Waals surface area contributed by atoms with Crippen LogP contribution in [-0.4, -0.2) is 16.6 Å². The Morgan fingerprint density at radius 3 is 1.49 bits per heavy atom. The number of hydrogen-bond donors (Lipinski definition) is 1. The maximum atomic E-state index is 12.1. The Kier molecular flexibility index (Phi) is 4.76. The van der Waals surface area contributed by atoms with E-state index in [0.29, 0.717) is 22.3 Å². The van der Waals surface area contributed by atoms with E-state index in [1.807, 2.05) is 0 Å². The van der Waals surface area contributed by atoms with Crippen LogP contribution in [0.15, 0.2) is 121 Å². The highest BCUT2D eigenvalue weighted by Gasteiger charge is 2.28. The van der Waals surface area contributed by atoms with Crippen LogP contribution in [0.5, 0.6) is 0 Å². The Morgan fingerprint density at radius 2 is 0.838 bits per heavy atom. The second kappa shape index (κ2) is 8.28. The Labute approximate surface area is 213 Å². The first-order valence-corrected chi connectivity index (χ1v) is 12.3. The van der Waals surface area contributed by atoms with Gasteiger partial charge in [-0.05, 0) is 22.2 Å². The van der Waals surface area contributed by atoms with Gasteiger partial charge in [0.25, 0.3) is 0 Å². The molecule has 0 radical (unpaired) electrons. The Hall–Kier alpha value is -5.02. The molecule has 0 bridgehead atoms. The summed E-state index contributed by atoms with van der Waals surface area (Å²) in [4.78, 5) is 27.8. The lowest BCUT2D eigenvalue weighted by atomic mass is 9.84. The third-order valence-electron chi connectivity index (χ3n) is 7.24. The molecule has 1 heterocycles. The van der Waals surface area contributed by atoms with Crippen LogP contribution in [0.1, 0.15) is 31.8 Å². The van der Waals surface area contributed by atoms with Crippen LogP contribution in [-0.2, 0) is 0 Å². The lowest BCUT2D eigenvalue weighted by molar-refractivity contribution is 0.0979. The highest BCUT2D eigenvalue weighted by atomic mass is 16.1. The van der Waals surface area contributed by atoms with E-state index < -0.39 is 0 Å². The number of para-hydroxylation sites is 1. The van der Waals surface area contributed by atoms with Gasteiger partial charge in [-0.1, -0.05) is 115 Å². The molecule has 0 aliphatic heterocycles. The summed E-state index contributed by atoms with van der Waals surface area (Å²) in [6, 6.07) is 39.9. The molecule has 0 atom stereocenters. The van der Waals surface area contributed by atoms with Crippen molar-refractivity contribution in [3.8, 4) is 0 Å². The largest absolute Gasteiger partial charge is 0.354 e. The van der Waals surface area contributed by atoms with Crippen LogP contribution in [0.25, 0.3) is 43.4 Å². The van der Waals surface area contributed by atoms with Gasteiger partial charge >= 0.3 is 0 Å². The van der Waals surface area contributed by atoms with Crippen LogP contribution in [0.3, 0.4) is 0 Å². The number of ketones is 2. The summed E-state index contributed by atoms with van der Waals surface area (Å²) < 4.78 is 0. The van der Waals surface area contributed by atoms with Gasteiger partial charge in [-0.2, -0.15) is 0 Å². The fourth-order valence-corrected chi connectivity index (χ4v) is 5.46. The number of benzene rings is 6. The van der Waals surface area contributed by atoms with Gasteiger partial charge in [-0.25, -0.2) is 0 Å². The van der Waals surface area contributed by atoms with Crippen LogP contribution >= 0.6 is 0 Å². The van der Waals surface area contributed by atoms with Crippen LogP contribution in [0.2, 0.25) is 0 Å². The first-order chi connectivity index (χ1) is 18.2. The number of carbonyl (C=O) groups excluding carboxylic acids is 2. The van der Waals surface area contributed by atoms with Crippen molar-refractivity contribution in [1.82, 2.24) is 4.98 Å². The summed E-state index contributed by atoms with van der Waals surface area (Å²) in [7, 11) is 0. The van der Waals surface area contributed by atoms with E-state index in [1.54, 1.807) is 48.5 Å². The molecule has 1 N–H and O–H groups in total. The quantitative estimate of drug-likeness (QED) is 0.225. The van der Waals surface area contributed by atoms with E-state index in [1.165, 1.54) is 43.4 Å². The van der Waals surface area contributed by atoms with Gasteiger partial charge in [0.1, 0.15) is 0 Å². The van der Waals surface area contributed by atoms with E-state index in [4.69, 9.17) is 0 Å². The zero-order chi connectivity index (χ0) is 24.9. The van der Waals surface area contributed by atoms with Gasteiger partial charge in [0.2, 0.25) is 0 Å². The summed E-state index contributed by atoms with van der Waals surface area (Å²) in [6.45, 7) is 0. The summed E-state index contributed by atoms with van der Waals surface area (Å²) in [6.07, 6.45) is 0. The minimum absolute atomic E-state index is 0.0641. The van der Waals surface area contributed by atoms with Crippen molar-refractivity contribution < 1.29 is 9.59 Å². The number of rotatable bonds is 0. The first kappa shape index (κ1) is 21.3. The summed E-state index contributed by atoms with van der Waals surface area (Å²) >= 11 is 0. The van der Waals surface area contributed by atoms with Crippen LogP contribution in [0.4, 0.5) is 0 Å². The van der Waals surface area contributed by atoms with Crippen LogP contribution in [0, 0.1) is 0 Å². The van der Waals surface area contributed by atoms with Crippen molar-refractivity contribution in [2.45, 2.75) is 0 Å². The SMILES string of the molecule is O=C1c2ccccc2C(=O)c2ccccc21.c1ccc2c(c1)ccc1c2ccc2c3ccccc3[nH]c21. The molecule has 0 fully saturated rings. The van der Waals surface area contributed by atoms with Crippen molar-refractivity contribution in [3.63, 3.8) is 0 Å². The summed E-state index contributed by atoms with van der Waals surface area (Å²) in [5.74, 6) is -0.128. The van der Waals surface area contributed by atoms with Gasteiger partial charge < -0.3 is 4.98 Å². The van der Waals surface area contributed by atoms with E-state index in [0.717, 1.165) is 0 Å². The Morgan fingerprint density at radius 1 is 0.378 bits per heavy atom. The average Bonchev–Trinajstić information content (AvgIpc) is 3.35. The smallest absolute Gasteiger partial charge is 0.194 e. The van der Waals surface area contributed by atoms with E-state index >= 15 is 0 Å². The number of aromatic nitrogens is 1. The molecule has 0 spiro atoms. The standard InChI is InChI=1S/C20H13N.C14H8O2/c1-2-6-14-13(5-1)9-10-17-15(14)11-12-18-16-7-3-4-8-19(16)21-20(17)18;15-13-9-5-1-2-6-10(9)14(16)12-8-4-3-7-11(12)13/h1-12,21H;1-8H. The van der Waals surface area contributed by atoms with E-state index in [2.05, 4.69) is 77.8 Å². The lowest BCUT2D eigenvalue weighted by Crippen LogP contribution is -2.20. The minimum atomic E-state index is -0.0641. The normalized spacial score (nSPS) is 12.4. The number of fused-ring (bicyclic) bond motifs is 9. The van der Waals surface area contributed by atoms with Gasteiger partial charge in [-0.3, -0.25) is 9.59 Å². The van der Waals surface area contributed by atoms with Crippen molar-refractivity contribution >= 4 is 54.9 Å². The van der Waals surface area contributed by atoms with Gasteiger partial charge in [0, 0.05) is 43.9 Å². The van der Waals surface area contributed by atoms with Crippen molar-refractivity contribution in [3.05, 3.63) is 144 Å². The maximum Gasteiger partial charge on any atom is 0.194 e. The molecule has 0 saturated heterocycles. The Balaban J connectivity index is 0.000000130. The zero-order valence-electron chi connectivity index (χ0n) is 19.9. The zero-order valence-corrected chi connectivity index (χ0v) is 19.9. The molecule has 0 unspecified atom stereocenters. The summed E-state index contributed by atoms with van der Waals surface area (Å²) in [5.41, 5.74) is 4.46. The average molecular weight is 476 g/mol. The predicted octanol–water partition coefficient (Wildman–Crippen LogP) is 8.09. The van der Waals surface area contributed by atoms with Crippen molar-refractivity contribution in [1.29, 1.82) is 0 Å². The number of H-pyrrole nitrogens is 1. The highest BCUT2D eigenvalue weighted by molar-refractivity contribution is 6.28. The molecule has 0 saturated carbocycles. The number of hydrogen-bond acceptors (Lipinski definition) is 2. The van der Waals surface area contributed by atoms with Crippen LogP contribution < -0.4 is 0 Å². The second-order valence-corrected chi connectivity index (χ2v) is 9.29. The molecule has 174 valence electrons. The molecule has 37 heavy (non-hydrogen) atoms. The molecular weight excluding hydrogens is 454 g/mol. The monoisotopic (exact) mass is 475 g/mol. The first-order valence-electron chi connectivity index (χ1n) is 12.3. The summed E-state index contributed by atoms with van der Waals surface area (Å²) in [5, 5.41) is 7.81. The molecule has 1 aliphatic carbocycles. The van der Waals surface area contributed by atoms with Crippen molar-refractivity contribution in [2.24, 2.45) is 0 Å². The molecule has 8 rings (SSSR count). The molecule has 1 aromatic heterocycles. The molecule has 6 aromatic carbocycles. The minimum Gasteiger partial charge on any atom is -0.354 e. The molecular formula is C34H21NO2. The molecule has 7 aromatic rings. The number of aromatic amines is 1. The third kappa shape index (κ3) is 3.29. The number of carbonyl (C=O) groups is 2. The Bertz CT molecular complexity index is 1920. The molecule has 3 heteroatoms. The fraction of sp³-hybridized carbons (Fsp3) is 0.